The minimum Gasteiger partial charge on any atom is -0.378 e. The molecule has 1 heterocycles. The van der Waals surface area contributed by atoms with Gasteiger partial charge < -0.3 is 5.32 Å². The van der Waals surface area contributed by atoms with Crippen molar-refractivity contribution in [2.45, 2.75) is 19.4 Å². The van der Waals surface area contributed by atoms with Gasteiger partial charge in [-0.1, -0.05) is 0 Å². The van der Waals surface area contributed by atoms with Crippen molar-refractivity contribution >= 4 is 22.7 Å². The quantitative estimate of drug-likeness (QED) is 0.671. The number of thiophene rings is 1. The van der Waals surface area contributed by atoms with Crippen molar-refractivity contribution in [1.29, 1.82) is 0 Å². The van der Waals surface area contributed by atoms with Crippen LogP contribution in [0.25, 0.3) is 0 Å². The van der Waals surface area contributed by atoms with Crippen LogP contribution in [0.3, 0.4) is 0 Å². The Morgan fingerprint density at radius 3 is 2.55 bits per heavy atom. The number of benzene rings is 1. The number of nitrogens with zero attached hydrogens (tertiary/aromatic N) is 1. The molecule has 0 bridgehead atoms. The van der Waals surface area contributed by atoms with E-state index in [1.165, 1.54) is 0 Å². The van der Waals surface area contributed by atoms with Crippen molar-refractivity contribution < 1.29 is 13.7 Å². The van der Waals surface area contributed by atoms with E-state index in [4.69, 9.17) is 0 Å². The molecule has 7 heteroatoms. The number of anilines is 1. The second-order valence-electron chi connectivity index (χ2n) is 4.42. The van der Waals surface area contributed by atoms with Gasteiger partial charge in [0.15, 0.2) is 11.6 Å². The van der Waals surface area contributed by atoms with Crippen LogP contribution >= 0.6 is 11.3 Å². The van der Waals surface area contributed by atoms with Gasteiger partial charge in [-0.2, -0.15) is 11.3 Å². The fourth-order valence-corrected chi connectivity index (χ4v) is 2.54. The fourth-order valence-electron chi connectivity index (χ4n) is 1.86. The Kier molecular flexibility index (Phi) is 4.29. The first-order valence-electron chi connectivity index (χ1n) is 5.88. The van der Waals surface area contributed by atoms with Crippen LogP contribution in [0.5, 0.6) is 0 Å². The topological polar surface area (TPSA) is 55.2 Å². The SMILES string of the molecule is CC(Cc1ccsc1)Nc1c(F)cc([N+](=O)[O-])cc1F. The highest BCUT2D eigenvalue weighted by Crippen LogP contribution is 2.25. The Balaban J connectivity index is 2.14. The maximum atomic E-state index is 13.7. The lowest BCUT2D eigenvalue weighted by Crippen LogP contribution is -2.19. The number of nitrogens with one attached hydrogen (secondary N) is 1. The van der Waals surface area contributed by atoms with E-state index >= 15 is 0 Å². The van der Waals surface area contributed by atoms with Crippen LogP contribution < -0.4 is 5.32 Å². The van der Waals surface area contributed by atoms with E-state index in [0.717, 1.165) is 5.56 Å². The summed E-state index contributed by atoms with van der Waals surface area (Å²) in [5, 5.41) is 17.1. The molecule has 1 N–H and O–H groups in total. The monoisotopic (exact) mass is 298 g/mol. The summed E-state index contributed by atoms with van der Waals surface area (Å²) in [6.45, 7) is 1.79. The Bertz CT molecular complexity index is 594. The predicted octanol–water partition coefficient (Wildman–Crippen LogP) is 3.98. The minimum atomic E-state index is -0.964. The molecule has 2 rings (SSSR count). The summed E-state index contributed by atoms with van der Waals surface area (Å²) in [6.07, 6.45) is 0.610. The normalized spacial score (nSPS) is 12.2. The smallest absolute Gasteiger partial charge is 0.275 e. The molecule has 1 unspecified atom stereocenters. The molecule has 0 aliphatic rings. The zero-order valence-electron chi connectivity index (χ0n) is 10.6. The van der Waals surface area contributed by atoms with Crippen molar-refractivity contribution in [3.8, 4) is 0 Å². The molecule has 2 aromatic rings. The Labute approximate surface area is 118 Å². The molecule has 1 aromatic heterocycles. The molecule has 0 aliphatic carbocycles. The molecular formula is C13H12F2N2O2S. The standard InChI is InChI=1S/C13H12F2N2O2S/c1-8(4-9-2-3-20-7-9)16-13-11(14)5-10(17(18)19)6-12(13)15/h2-3,5-8,16H,4H2,1H3. The maximum Gasteiger partial charge on any atom is 0.275 e. The largest absolute Gasteiger partial charge is 0.378 e. The van der Waals surface area contributed by atoms with Crippen LogP contribution in [0.2, 0.25) is 0 Å². The van der Waals surface area contributed by atoms with Gasteiger partial charge in [-0.15, -0.1) is 0 Å². The molecule has 0 fully saturated rings. The van der Waals surface area contributed by atoms with Gasteiger partial charge in [-0.3, -0.25) is 10.1 Å². The molecule has 0 radical (unpaired) electrons. The summed E-state index contributed by atoms with van der Waals surface area (Å²) in [5.41, 5.74) is 0.132. The molecule has 1 aromatic carbocycles. The third kappa shape index (κ3) is 3.30. The summed E-state index contributed by atoms with van der Waals surface area (Å²) in [5.74, 6) is -1.93. The molecule has 0 aliphatic heterocycles. The predicted molar refractivity (Wildman–Crippen MR) is 74.1 cm³/mol. The van der Waals surface area contributed by atoms with Crippen LogP contribution in [-0.2, 0) is 6.42 Å². The molecule has 0 saturated carbocycles. The lowest BCUT2D eigenvalue weighted by atomic mass is 10.1. The van der Waals surface area contributed by atoms with Gasteiger partial charge in [0.1, 0.15) is 5.69 Å². The van der Waals surface area contributed by atoms with E-state index in [1.54, 1.807) is 18.3 Å². The maximum absolute atomic E-state index is 13.7. The highest BCUT2D eigenvalue weighted by Gasteiger charge is 2.18. The van der Waals surface area contributed by atoms with Gasteiger partial charge in [-0.25, -0.2) is 8.78 Å². The fraction of sp³-hybridized carbons (Fsp3) is 0.231. The molecular weight excluding hydrogens is 286 g/mol. The zero-order chi connectivity index (χ0) is 14.7. The average molecular weight is 298 g/mol. The molecule has 0 amide bonds. The average Bonchev–Trinajstić information content (AvgIpc) is 2.86. The van der Waals surface area contributed by atoms with Gasteiger partial charge in [-0.05, 0) is 35.7 Å². The van der Waals surface area contributed by atoms with Crippen LogP contribution in [0.1, 0.15) is 12.5 Å². The summed E-state index contributed by atoms with van der Waals surface area (Å²) < 4.78 is 27.4. The molecule has 0 spiro atoms. The Morgan fingerprint density at radius 2 is 2.05 bits per heavy atom. The third-order valence-corrected chi connectivity index (χ3v) is 3.48. The van der Waals surface area contributed by atoms with Crippen LogP contribution in [0.4, 0.5) is 20.2 Å². The van der Waals surface area contributed by atoms with Gasteiger partial charge in [0, 0.05) is 6.04 Å². The molecule has 0 saturated heterocycles. The molecule has 4 nitrogen and oxygen atoms in total. The van der Waals surface area contributed by atoms with E-state index in [9.17, 15) is 18.9 Å². The lowest BCUT2D eigenvalue weighted by molar-refractivity contribution is -0.385. The zero-order valence-corrected chi connectivity index (χ0v) is 11.4. The van der Waals surface area contributed by atoms with E-state index < -0.39 is 22.2 Å². The molecule has 1 atom stereocenters. The van der Waals surface area contributed by atoms with Crippen LogP contribution in [0, 0.1) is 21.7 Å². The number of halogens is 2. The van der Waals surface area contributed by atoms with Crippen molar-refractivity contribution in [2.75, 3.05) is 5.32 Å². The highest BCUT2D eigenvalue weighted by molar-refractivity contribution is 7.07. The van der Waals surface area contributed by atoms with E-state index in [0.29, 0.717) is 18.6 Å². The van der Waals surface area contributed by atoms with Crippen molar-refractivity contribution in [3.63, 3.8) is 0 Å². The summed E-state index contributed by atoms with van der Waals surface area (Å²) in [4.78, 5) is 9.67. The highest BCUT2D eigenvalue weighted by atomic mass is 32.1. The second-order valence-corrected chi connectivity index (χ2v) is 5.20. The van der Waals surface area contributed by atoms with Gasteiger partial charge in [0.05, 0.1) is 17.1 Å². The third-order valence-electron chi connectivity index (χ3n) is 2.75. The van der Waals surface area contributed by atoms with E-state index in [1.807, 2.05) is 16.8 Å². The number of non-ortho nitro benzene ring substituents is 1. The number of rotatable bonds is 5. The number of nitro groups is 1. The van der Waals surface area contributed by atoms with Crippen LogP contribution in [-0.4, -0.2) is 11.0 Å². The van der Waals surface area contributed by atoms with Gasteiger partial charge in [0.25, 0.3) is 5.69 Å². The summed E-state index contributed by atoms with van der Waals surface area (Å²) in [7, 11) is 0. The van der Waals surface area contributed by atoms with E-state index in [-0.39, 0.29) is 11.7 Å². The Hall–Kier alpha value is -2.02. The van der Waals surface area contributed by atoms with Crippen LogP contribution in [0.15, 0.2) is 29.0 Å². The second kappa shape index (κ2) is 5.96. The van der Waals surface area contributed by atoms with Crippen molar-refractivity contribution in [3.05, 3.63) is 56.3 Å². The summed E-state index contributed by atoms with van der Waals surface area (Å²) in [6, 6.07) is 3.16. The number of hydrogen-bond acceptors (Lipinski definition) is 4. The first-order chi connectivity index (χ1) is 9.47. The lowest BCUT2D eigenvalue weighted by Gasteiger charge is -2.15. The van der Waals surface area contributed by atoms with E-state index in [2.05, 4.69) is 5.32 Å². The van der Waals surface area contributed by atoms with Crippen molar-refractivity contribution in [1.82, 2.24) is 0 Å². The van der Waals surface area contributed by atoms with Gasteiger partial charge in [0.2, 0.25) is 0 Å². The first-order valence-corrected chi connectivity index (χ1v) is 6.82. The first kappa shape index (κ1) is 14.4. The Morgan fingerprint density at radius 1 is 1.40 bits per heavy atom. The molecule has 106 valence electrons. The van der Waals surface area contributed by atoms with Gasteiger partial charge >= 0.3 is 0 Å². The minimum absolute atomic E-state index is 0.199. The van der Waals surface area contributed by atoms with Crippen molar-refractivity contribution in [2.24, 2.45) is 0 Å². The summed E-state index contributed by atoms with van der Waals surface area (Å²) >= 11 is 1.55. The number of nitro benzene ring substituents is 1. The number of hydrogen-bond donors (Lipinski definition) is 1. The molecule has 20 heavy (non-hydrogen) atoms.